The summed E-state index contributed by atoms with van der Waals surface area (Å²) in [6.07, 6.45) is 11.8. The zero-order valence-electron chi connectivity index (χ0n) is 15.1. The van der Waals surface area contributed by atoms with Gasteiger partial charge < -0.3 is 5.11 Å². The second kappa shape index (κ2) is 10.9. The smallest absolute Gasteiger partial charge is 0.119 e. The second-order valence-corrected chi connectivity index (χ2v) is 6.79. The second-order valence-electron chi connectivity index (χ2n) is 6.79. The molecule has 0 aliphatic carbocycles. The van der Waals surface area contributed by atoms with Gasteiger partial charge in [0.25, 0.3) is 0 Å². The number of rotatable bonds is 11. The fourth-order valence-corrected chi connectivity index (χ4v) is 3.45. The number of hydrogen-bond acceptors (Lipinski definition) is 1. The number of hydrogen-bond donors (Lipinski definition) is 1. The van der Waals surface area contributed by atoms with Crippen LogP contribution >= 0.6 is 0 Å². The normalized spacial score (nSPS) is 12.2. The fourth-order valence-electron chi connectivity index (χ4n) is 3.45. The Balaban J connectivity index is 1.88. The van der Waals surface area contributed by atoms with E-state index in [4.69, 9.17) is 0 Å². The molecule has 0 spiro atoms. The van der Waals surface area contributed by atoms with Crippen LogP contribution in [0.2, 0.25) is 0 Å². The SMILES string of the molecule is CCCCCCCCCCC(c1ccccc1)c1ccccc1O. The molecule has 1 unspecified atom stereocenters. The average Bonchev–Trinajstić information content (AvgIpc) is 2.62. The minimum absolute atomic E-state index is 0.299. The van der Waals surface area contributed by atoms with Gasteiger partial charge in [-0.05, 0) is 18.1 Å². The highest BCUT2D eigenvalue weighted by Crippen LogP contribution is 2.35. The minimum Gasteiger partial charge on any atom is -0.508 e. The summed E-state index contributed by atoms with van der Waals surface area (Å²) in [6.45, 7) is 2.27. The van der Waals surface area contributed by atoms with Gasteiger partial charge in [-0.15, -0.1) is 0 Å². The third-order valence-corrected chi connectivity index (χ3v) is 4.86. The van der Waals surface area contributed by atoms with E-state index >= 15 is 0 Å². The van der Waals surface area contributed by atoms with Crippen molar-refractivity contribution in [3.8, 4) is 5.75 Å². The number of para-hydroxylation sites is 1. The van der Waals surface area contributed by atoms with E-state index in [2.05, 4.69) is 43.3 Å². The van der Waals surface area contributed by atoms with Crippen LogP contribution in [0.1, 0.15) is 81.8 Å². The minimum atomic E-state index is 0.299. The molecule has 1 nitrogen and oxygen atoms in total. The molecule has 2 aromatic rings. The quantitative estimate of drug-likeness (QED) is 0.439. The molecule has 0 fully saturated rings. The highest BCUT2D eigenvalue weighted by atomic mass is 16.3. The zero-order chi connectivity index (χ0) is 17.0. The van der Waals surface area contributed by atoms with E-state index in [0.29, 0.717) is 11.7 Å². The monoisotopic (exact) mass is 324 g/mol. The molecule has 0 saturated heterocycles. The van der Waals surface area contributed by atoms with Crippen molar-refractivity contribution in [1.29, 1.82) is 0 Å². The summed E-state index contributed by atoms with van der Waals surface area (Å²) in [7, 11) is 0. The van der Waals surface area contributed by atoms with Crippen LogP contribution in [0.25, 0.3) is 0 Å². The first-order valence-electron chi connectivity index (χ1n) is 9.65. The fraction of sp³-hybridized carbons (Fsp3) is 0.478. The molecule has 0 bridgehead atoms. The van der Waals surface area contributed by atoms with E-state index in [1.54, 1.807) is 6.07 Å². The van der Waals surface area contributed by atoms with Crippen molar-refractivity contribution in [2.75, 3.05) is 0 Å². The van der Waals surface area contributed by atoms with Crippen molar-refractivity contribution in [1.82, 2.24) is 0 Å². The molecular formula is C23H32O. The molecule has 0 saturated carbocycles. The van der Waals surface area contributed by atoms with Gasteiger partial charge in [0.1, 0.15) is 5.75 Å². The van der Waals surface area contributed by atoms with Gasteiger partial charge in [0.15, 0.2) is 0 Å². The third-order valence-electron chi connectivity index (χ3n) is 4.86. The molecule has 130 valence electrons. The lowest BCUT2D eigenvalue weighted by Crippen LogP contribution is -2.02. The molecule has 2 aromatic carbocycles. The van der Waals surface area contributed by atoms with Gasteiger partial charge in [0.2, 0.25) is 0 Å². The van der Waals surface area contributed by atoms with Gasteiger partial charge in [-0.1, -0.05) is 107 Å². The molecule has 24 heavy (non-hydrogen) atoms. The van der Waals surface area contributed by atoms with Crippen LogP contribution < -0.4 is 0 Å². The highest BCUT2D eigenvalue weighted by molar-refractivity contribution is 5.41. The lowest BCUT2D eigenvalue weighted by Gasteiger charge is -2.19. The van der Waals surface area contributed by atoms with Gasteiger partial charge >= 0.3 is 0 Å². The summed E-state index contributed by atoms with van der Waals surface area (Å²) in [6, 6.07) is 18.4. The van der Waals surface area contributed by atoms with Crippen LogP contribution in [0.3, 0.4) is 0 Å². The van der Waals surface area contributed by atoms with Crippen molar-refractivity contribution in [2.45, 2.75) is 70.6 Å². The molecule has 2 rings (SSSR count). The Morgan fingerprint density at radius 1 is 0.708 bits per heavy atom. The number of benzene rings is 2. The Morgan fingerprint density at radius 2 is 1.29 bits per heavy atom. The maximum absolute atomic E-state index is 10.3. The molecule has 0 aromatic heterocycles. The Kier molecular flexibility index (Phi) is 8.45. The van der Waals surface area contributed by atoms with Crippen LogP contribution in [-0.2, 0) is 0 Å². The van der Waals surface area contributed by atoms with Gasteiger partial charge in [0, 0.05) is 11.5 Å². The highest BCUT2D eigenvalue weighted by Gasteiger charge is 2.16. The van der Waals surface area contributed by atoms with Gasteiger partial charge in [-0.3, -0.25) is 0 Å². The molecule has 1 atom stereocenters. The molecular weight excluding hydrogens is 292 g/mol. The van der Waals surface area contributed by atoms with E-state index in [9.17, 15) is 5.11 Å². The van der Waals surface area contributed by atoms with Crippen molar-refractivity contribution in [3.63, 3.8) is 0 Å². The predicted octanol–water partition coefficient (Wildman–Crippen LogP) is 7.05. The number of unbranched alkanes of at least 4 members (excludes halogenated alkanes) is 7. The Bertz CT molecular complexity index is 561. The summed E-state index contributed by atoms with van der Waals surface area (Å²) >= 11 is 0. The van der Waals surface area contributed by atoms with Crippen molar-refractivity contribution >= 4 is 0 Å². The van der Waals surface area contributed by atoms with E-state index < -0.39 is 0 Å². The van der Waals surface area contributed by atoms with Crippen molar-refractivity contribution in [3.05, 3.63) is 65.7 Å². The van der Waals surface area contributed by atoms with Crippen LogP contribution in [0.4, 0.5) is 0 Å². The van der Waals surface area contributed by atoms with E-state index in [1.807, 2.05) is 12.1 Å². The first-order chi connectivity index (χ1) is 11.8. The third kappa shape index (κ3) is 6.03. The maximum atomic E-state index is 10.3. The molecule has 0 heterocycles. The summed E-state index contributed by atoms with van der Waals surface area (Å²) in [5, 5.41) is 10.3. The molecule has 0 radical (unpaired) electrons. The number of phenolic OH excluding ortho intramolecular Hbond substituents is 1. The molecule has 1 N–H and O–H groups in total. The maximum Gasteiger partial charge on any atom is 0.119 e. The molecule has 0 aliphatic rings. The largest absolute Gasteiger partial charge is 0.508 e. The summed E-state index contributed by atoms with van der Waals surface area (Å²) in [5.74, 6) is 0.721. The summed E-state index contributed by atoms with van der Waals surface area (Å²) in [4.78, 5) is 0. The van der Waals surface area contributed by atoms with Crippen LogP contribution in [0.15, 0.2) is 54.6 Å². The standard InChI is InChI=1S/C23H32O/c1-2-3-4-5-6-7-8-12-17-21(20-15-10-9-11-16-20)22-18-13-14-19-23(22)24/h9-11,13-16,18-19,21,24H,2-8,12,17H2,1H3. The van der Waals surface area contributed by atoms with E-state index in [-0.39, 0.29) is 0 Å². The lowest BCUT2D eigenvalue weighted by molar-refractivity contribution is 0.460. The summed E-state index contributed by atoms with van der Waals surface area (Å²) < 4.78 is 0. The van der Waals surface area contributed by atoms with E-state index in [1.165, 1.54) is 56.9 Å². The average molecular weight is 325 g/mol. The molecule has 1 heteroatoms. The Morgan fingerprint density at radius 3 is 1.96 bits per heavy atom. The van der Waals surface area contributed by atoms with Crippen molar-refractivity contribution < 1.29 is 5.11 Å². The first kappa shape index (κ1) is 18.6. The zero-order valence-corrected chi connectivity index (χ0v) is 15.1. The van der Waals surface area contributed by atoms with Gasteiger partial charge in [0.05, 0.1) is 0 Å². The Labute approximate surface area is 147 Å². The Hall–Kier alpha value is -1.76. The first-order valence-corrected chi connectivity index (χ1v) is 9.65. The molecule has 0 amide bonds. The van der Waals surface area contributed by atoms with E-state index in [0.717, 1.165) is 12.0 Å². The lowest BCUT2D eigenvalue weighted by atomic mass is 9.86. The topological polar surface area (TPSA) is 20.2 Å². The predicted molar refractivity (Wildman–Crippen MR) is 104 cm³/mol. The molecule has 0 aliphatic heterocycles. The summed E-state index contributed by atoms with van der Waals surface area (Å²) in [5.41, 5.74) is 2.37. The van der Waals surface area contributed by atoms with Crippen LogP contribution in [0, 0.1) is 0 Å². The van der Waals surface area contributed by atoms with Crippen molar-refractivity contribution in [2.24, 2.45) is 0 Å². The van der Waals surface area contributed by atoms with Gasteiger partial charge in [-0.25, -0.2) is 0 Å². The number of aromatic hydroxyl groups is 1. The van der Waals surface area contributed by atoms with Crippen LogP contribution in [0.5, 0.6) is 5.75 Å². The van der Waals surface area contributed by atoms with Gasteiger partial charge in [-0.2, -0.15) is 0 Å². The number of phenols is 1. The van der Waals surface area contributed by atoms with Crippen LogP contribution in [-0.4, -0.2) is 5.11 Å².